The van der Waals surface area contributed by atoms with E-state index < -0.39 is 0 Å². The van der Waals surface area contributed by atoms with E-state index in [1.165, 1.54) is 11.0 Å². The van der Waals surface area contributed by atoms with Crippen LogP contribution in [0.1, 0.15) is 17.0 Å². The van der Waals surface area contributed by atoms with E-state index in [0.717, 1.165) is 24.2 Å². The summed E-state index contributed by atoms with van der Waals surface area (Å²) in [5.41, 5.74) is 2.06. The van der Waals surface area contributed by atoms with Crippen molar-refractivity contribution in [3.63, 3.8) is 0 Å². The summed E-state index contributed by atoms with van der Waals surface area (Å²) < 4.78 is 6.48. The van der Waals surface area contributed by atoms with Crippen LogP contribution in [0.25, 0.3) is 5.82 Å². The first kappa shape index (κ1) is 14.1. The molecule has 0 atom stereocenters. The second-order valence-corrected chi connectivity index (χ2v) is 4.28. The van der Waals surface area contributed by atoms with Crippen LogP contribution in [-0.2, 0) is 11.3 Å². The fraction of sp³-hybridized carbons (Fsp3) is 0.385. The van der Waals surface area contributed by atoms with Crippen LogP contribution in [0.5, 0.6) is 0 Å². The average Bonchev–Trinajstić information content (AvgIpc) is 2.92. The molecule has 0 aliphatic rings. The highest BCUT2D eigenvalue weighted by Gasteiger charge is 2.07. The molecular formula is C13H16N6O. The van der Waals surface area contributed by atoms with Crippen LogP contribution in [0.2, 0.25) is 0 Å². The molecule has 7 nitrogen and oxygen atoms in total. The van der Waals surface area contributed by atoms with Gasteiger partial charge in [-0.3, -0.25) is 0 Å². The van der Waals surface area contributed by atoms with Crippen molar-refractivity contribution in [3.05, 3.63) is 35.5 Å². The fourth-order valence-corrected chi connectivity index (χ4v) is 1.79. The maximum atomic E-state index is 8.72. The molecule has 0 radical (unpaired) electrons. The molecule has 0 spiro atoms. The third kappa shape index (κ3) is 3.38. The van der Waals surface area contributed by atoms with E-state index in [2.05, 4.69) is 20.4 Å². The van der Waals surface area contributed by atoms with Gasteiger partial charge in [-0.1, -0.05) is 0 Å². The summed E-state index contributed by atoms with van der Waals surface area (Å²) in [5, 5.41) is 16.0. The maximum absolute atomic E-state index is 8.72. The zero-order valence-corrected chi connectivity index (χ0v) is 11.5. The van der Waals surface area contributed by atoms with E-state index in [1.807, 2.05) is 19.1 Å². The predicted molar refractivity (Wildman–Crippen MR) is 72.2 cm³/mol. The Morgan fingerprint density at radius 1 is 1.45 bits per heavy atom. The molecule has 0 aliphatic heterocycles. The van der Waals surface area contributed by atoms with Gasteiger partial charge in [0, 0.05) is 26.4 Å². The molecule has 0 aliphatic carbocycles. The Kier molecular flexibility index (Phi) is 4.76. The number of ether oxygens (including phenoxy) is 1. The van der Waals surface area contributed by atoms with Crippen molar-refractivity contribution in [1.82, 2.24) is 25.1 Å². The number of hydrogen-bond donors (Lipinski definition) is 1. The zero-order valence-electron chi connectivity index (χ0n) is 11.5. The minimum absolute atomic E-state index is 0.136. The summed E-state index contributed by atoms with van der Waals surface area (Å²) in [5.74, 6) is 0.816. The molecule has 0 amide bonds. The first-order chi connectivity index (χ1) is 9.74. The van der Waals surface area contributed by atoms with Crippen molar-refractivity contribution in [1.29, 1.82) is 5.26 Å². The minimum atomic E-state index is 0.136. The summed E-state index contributed by atoms with van der Waals surface area (Å²) >= 11 is 0. The molecule has 0 aromatic carbocycles. The van der Waals surface area contributed by atoms with Crippen molar-refractivity contribution in [2.75, 3.05) is 20.3 Å². The Balaban J connectivity index is 2.08. The van der Waals surface area contributed by atoms with Gasteiger partial charge in [-0.2, -0.15) is 5.26 Å². The number of nitrogens with zero attached hydrogens (tertiary/aromatic N) is 5. The van der Waals surface area contributed by atoms with Crippen molar-refractivity contribution in [2.45, 2.75) is 13.5 Å². The van der Waals surface area contributed by atoms with Crippen LogP contribution in [0, 0.1) is 18.3 Å². The standard InChI is InChI=1S/C13H16N6O/c1-10-5-11(7-15-3-4-20-2)8-16-13(10)19-9-17-12(6-14)18-19/h5,8-9,15H,3-4,7H2,1-2H3. The number of rotatable bonds is 6. The molecule has 0 fully saturated rings. The molecule has 7 heteroatoms. The monoisotopic (exact) mass is 272 g/mol. The lowest BCUT2D eigenvalue weighted by Crippen LogP contribution is -2.18. The van der Waals surface area contributed by atoms with Crippen LogP contribution >= 0.6 is 0 Å². The summed E-state index contributed by atoms with van der Waals surface area (Å²) in [6.07, 6.45) is 3.28. The van der Waals surface area contributed by atoms with Crippen LogP contribution in [-0.4, -0.2) is 40.0 Å². The van der Waals surface area contributed by atoms with Crippen molar-refractivity contribution < 1.29 is 4.74 Å². The van der Waals surface area contributed by atoms with Crippen molar-refractivity contribution in [2.24, 2.45) is 0 Å². The Morgan fingerprint density at radius 2 is 2.30 bits per heavy atom. The topological polar surface area (TPSA) is 88.6 Å². The molecule has 2 rings (SSSR count). The van der Waals surface area contributed by atoms with Gasteiger partial charge in [0.05, 0.1) is 6.61 Å². The van der Waals surface area contributed by atoms with Gasteiger partial charge in [0.15, 0.2) is 5.82 Å². The third-order valence-corrected chi connectivity index (χ3v) is 2.73. The highest BCUT2D eigenvalue weighted by atomic mass is 16.5. The summed E-state index contributed by atoms with van der Waals surface area (Å²) in [6, 6.07) is 3.93. The first-order valence-electron chi connectivity index (χ1n) is 6.22. The Bertz CT molecular complexity index is 616. The molecular weight excluding hydrogens is 256 g/mol. The van der Waals surface area contributed by atoms with E-state index in [1.54, 1.807) is 13.3 Å². The van der Waals surface area contributed by atoms with Gasteiger partial charge < -0.3 is 10.1 Å². The second kappa shape index (κ2) is 6.75. The lowest BCUT2D eigenvalue weighted by Gasteiger charge is -2.08. The van der Waals surface area contributed by atoms with Gasteiger partial charge in [-0.05, 0) is 24.1 Å². The number of nitriles is 1. The molecule has 104 valence electrons. The van der Waals surface area contributed by atoms with E-state index in [4.69, 9.17) is 10.00 Å². The molecule has 0 unspecified atom stereocenters. The summed E-state index contributed by atoms with van der Waals surface area (Å²) in [4.78, 5) is 8.24. The summed E-state index contributed by atoms with van der Waals surface area (Å²) in [6.45, 7) is 4.17. The number of aromatic nitrogens is 4. The number of aryl methyl sites for hydroxylation is 1. The number of nitrogens with one attached hydrogen (secondary N) is 1. The van der Waals surface area contributed by atoms with Gasteiger partial charge >= 0.3 is 0 Å². The van der Waals surface area contributed by atoms with Gasteiger partial charge in [0.1, 0.15) is 12.4 Å². The van der Waals surface area contributed by atoms with E-state index in [-0.39, 0.29) is 5.82 Å². The quantitative estimate of drug-likeness (QED) is 0.774. The van der Waals surface area contributed by atoms with E-state index >= 15 is 0 Å². The molecule has 0 bridgehead atoms. The average molecular weight is 272 g/mol. The van der Waals surface area contributed by atoms with E-state index in [9.17, 15) is 0 Å². The highest BCUT2D eigenvalue weighted by Crippen LogP contribution is 2.11. The Hall–Kier alpha value is -2.30. The third-order valence-electron chi connectivity index (χ3n) is 2.73. The van der Waals surface area contributed by atoms with Crippen molar-refractivity contribution in [3.8, 4) is 11.9 Å². The number of methoxy groups -OCH3 is 1. The largest absolute Gasteiger partial charge is 0.383 e. The molecule has 2 aromatic heterocycles. The lowest BCUT2D eigenvalue weighted by molar-refractivity contribution is 0.199. The molecule has 0 saturated carbocycles. The predicted octanol–water partition coefficient (Wildman–Crippen LogP) is 0.578. The molecule has 2 aromatic rings. The van der Waals surface area contributed by atoms with Crippen LogP contribution in [0.15, 0.2) is 18.6 Å². The number of hydrogen-bond acceptors (Lipinski definition) is 6. The number of pyridine rings is 1. The van der Waals surface area contributed by atoms with Gasteiger partial charge in [0.2, 0.25) is 0 Å². The smallest absolute Gasteiger partial charge is 0.252 e. The molecule has 2 heterocycles. The summed E-state index contributed by atoms with van der Waals surface area (Å²) in [7, 11) is 1.68. The van der Waals surface area contributed by atoms with E-state index in [0.29, 0.717) is 12.4 Å². The molecule has 0 saturated heterocycles. The Morgan fingerprint density at radius 3 is 2.95 bits per heavy atom. The maximum Gasteiger partial charge on any atom is 0.252 e. The second-order valence-electron chi connectivity index (χ2n) is 4.28. The molecule has 1 N–H and O–H groups in total. The van der Waals surface area contributed by atoms with Crippen LogP contribution in [0.3, 0.4) is 0 Å². The molecule has 20 heavy (non-hydrogen) atoms. The highest BCUT2D eigenvalue weighted by molar-refractivity contribution is 5.34. The van der Waals surface area contributed by atoms with Gasteiger partial charge in [-0.15, -0.1) is 5.10 Å². The zero-order chi connectivity index (χ0) is 14.4. The normalized spacial score (nSPS) is 10.4. The van der Waals surface area contributed by atoms with Crippen molar-refractivity contribution >= 4 is 0 Å². The first-order valence-corrected chi connectivity index (χ1v) is 6.22. The minimum Gasteiger partial charge on any atom is -0.383 e. The van der Waals surface area contributed by atoms with Crippen LogP contribution < -0.4 is 5.32 Å². The Labute approximate surface area is 117 Å². The van der Waals surface area contributed by atoms with Gasteiger partial charge in [-0.25, -0.2) is 14.6 Å². The SMILES string of the molecule is COCCNCc1cnc(-n2cnc(C#N)n2)c(C)c1. The van der Waals surface area contributed by atoms with Gasteiger partial charge in [0.25, 0.3) is 5.82 Å². The lowest BCUT2D eigenvalue weighted by atomic mass is 10.2. The fourth-order valence-electron chi connectivity index (χ4n) is 1.79. The van der Waals surface area contributed by atoms with Crippen LogP contribution in [0.4, 0.5) is 0 Å².